The molecule has 0 spiro atoms. The van der Waals surface area contributed by atoms with Gasteiger partial charge in [-0.2, -0.15) is 0 Å². The maximum absolute atomic E-state index is 12.4. The molecule has 0 saturated carbocycles. The summed E-state index contributed by atoms with van der Waals surface area (Å²) in [5.41, 5.74) is 7.40. The standard InChI is InChI=1S/C16H18N4O/c17-15-7-6-14(12-18-15)19-8-10-20(11-9-19)16(21)13-4-2-1-3-5-13/h1-7,12H,8-11H2,(H2,17,18). The summed E-state index contributed by atoms with van der Waals surface area (Å²) in [5.74, 6) is 0.627. The van der Waals surface area contributed by atoms with Gasteiger partial charge in [0, 0.05) is 31.7 Å². The summed E-state index contributed by atoms with van der Waals surface area (Å²) in [4.78, 5) is 20.6. The van der Waals surface area contributed by atoms with Crippen LogP contribution in [0.25, 0.3) is 0 Å². The van der Waals surface area contributed by atoms with Crippen LogP contribution in [0.5, 0.6) is 0 Å². The number of nitrogen functional groups attached to an aromatic ring is 1. The molecule has 0 unspecified atom stereocenters. The average Bonchev–Trinajstić information content (AvgIpc) is 2.56. The van der Waals surface area contributed by atoms with Crippen molar-refractivity contribution in [2.75, 3.05) is 36.8 Å². The topological polar surface area (TPSA) is 62.5 Å². The lowest BCUT2D eigenvalue weighted by molar-refractivity contribution is 0.0747. The Balaban J connectivity index is 1.63. The van der Waals surface area contributed by atoms with Gasteiger partial charge in [0.2, 0.25) is 0 Å². The van der Waals surface area contributed by atoms with Crippen LogP contribution in [0, 0.1) is 0 Å². The molecule has 1 aromatic carbocycles. The van der Waals surface area contributed by atoms with Crippen molar-refractivity contribution in [1.82, 2.24) is 9.88 Å². The minimum atomic E-state index is 0.102. The zero-order chi connectivity index (χ0) is 14.7. The number of anilines is 2. The van der Waals surface area contributed by atoms with Gasteiger partial charge in [0.1, 0.15) is 5.82 Å². The van der Waals surface area contributed by atoms with Crippen molar-refractivity contribution in [1.29, 1.82) is 0 Å². The molecule has 1 aromatic heterocycles. The number of pyridine rings is 1. The minimum absolute atomic E-state index is 0.102. The van der Waals surface area contributed by atoms with Crippen molar-refractivity contribution in [3.63, 3.8) is 0 Å². The first kappa shape index (κ1) is 13.4. The summed E-state index contributed by atoms with van der Waals surface area (Å²) in [7, 11) is 0. The summed E-state index contributed by atoms with van der Waals surface area (Å²) in [6.45, 7) is 3.06. The minimum Gasteiger partial charge on any atom is -0.384 e. The van der Waals surface area contributed by atoms with Crippen LogP contribution in [0.2, 0.25) is 0 Å². The van der Waals surface area contributed by atoms with E-state index in [2.05, 4.69) is 9.88 Å². The number of hydrogen-bond donors (Lipinski definition) is 1. The first-order valence-corrected chi connectivity index (χ1v) is 7.05. The fourth-order valence-corrected chi connectivity index (χ4v) is 2.52. The number of carbonyl (C=O) groups is 1. The highest BCUT2D eigenvalue weighted by molar-refractivity contribution is 5.94. The van der Waals surface area contributed by atoms with Crippen LogP contribution in [0.1, 0.15) is 10.4 Å². The fraction of sp³-hybridized carbons (Fsp3) is 0.250. The predicted octanol–water partition coefficient (Wildman–Crippen LogP) is 1.63. The molecule has 21 heavy (non-hydrogen) atoms. The van der Waals surface area contributed by atoms with Gasteiger partial charge < -0.3 is 15.5 Å². The van der Waals surface area contributed by atoms with Crippen LogP contribution >= 0.6 is 0 Å². The maximum atomic E-state index is 12.4. The van der Waals surface area contributed by atoms with Gasteiger partial charge in [-0.25, -0.2) is 4.98 Å². The number of nitrogens with two attached hydrogens (primary N) is 1. The van der Waals surface area contributed by atoms with Gasteiger partial charge in [-0.05, 0) is 24.3 Å². The van der Waals surface area contributed by atoms with Crippen LogP contribution in [-0.4, -0.2) is 42.0 Å². The van der Waals surface area contributed by atoms with Crippen LogP contribution in [0.15, 0.2) is 48.7 Å². The summed E-state index contributed by atoms with van der Waals surface area (Å²) in [6.07, 6.45) is 1.78. The molecule has 1 aliphatic rings. The van der Waals surface area contributed by atoms with Gasteiger partial charge in [-0.1, -0.05) is 18.2 Å². The predicted molar refractivity (Wildman–Crippen MR) is 83.2 cm³/mol. The number of nitrogens with zero attached hydrogens (tertiary/aromatic N) is 3. The molecule has 3 rings (SSSR count). The fourth-order valence-electron chi connectivity index (χ4n) is 2.52. The molecule has 0 radical (unpaired) electrons. The van der Waals surface area contributed by atoms with Crippen molar-refractivity contribution in [3.8, 4) is 0 Å². The van der Waals surface area contributed by atoms with Gasteiger partial charge >= 0.3 is 0 Å². The molecular formula is C16H18N4O. The quantitative estimate of drug-likeness (QED) is 0.909. The highest BCUT2D eigenvalue weighted by atomic mass is 16.2. The Morgan fingerprint density at radius 3 is 2.33 bits per heavy atom. The molecule has 1 saturated heterocycles. The molecule has 1 fully saturated rings. The molecule has 5 heteroatoms. The number of piperazine rings is 1. The molecule has 1 amide bonds. The van der Waals surface area contributed by atoms with Gasteiger partial charge in [0.05, 0.1) is 11.9 Å². The van der Waals surface area contributed by atoms with Crippen molar-refractivity contribution < 1.29 is 4.79 Å². The van der Waals surface area contributed by atoms with Gasteiger partial charge in [-0.15, -0.1) is 0 Å². The molecule has 1 aliphatic heterocycles. The Labute approximate surface area is 124 Å². The van der Waals surface area contributed by atoms with E-state index in [0.29, 0.717) is 5.82 Å². The first-order chi connectivity index (χ1) is 10.2. The third-order valence-electron chi connectivity index (χ3n) is 3.72. The Morgan fingerprint density at radius 1 is 1.00 bits per heavy atom. The Bertz CT molecular complexity index is 604. The SMILES string of the molecule is Nc1ccc(N2CCN(C(=O)c3ccccc3)CC2)cn1. The molecule has 108 valence electrons. The molecule has 0 atom stereocenters. The third kappa shape index (κ3) is 2.97. The lowest BCUT2D eigenvalue weighted by atomic mass is 10.2. The van der Waals surface area contributed by atoms with Crippen LogP contribution < -0.4 is 10.6 Å². The van der Waals surface area contributed by atoms with E-state index in [1.54, 1.807) is 12.3 Å². The summed E-state index contributed by atoms with van der Waals surface area (Å²) < 4.78 is 0. The molecule has 0 bridgehead atoms. The largest absolute Gasteiger partial charge is 0.384 e. The summed E-state index contributed by atoms with van der Waals surface area (Å²) in [6, 6.07) is 13.2. The molecule has 5 nitrogen and oxygen atoms in total. The summed E-state index contributed by atoms with van der Waals surface area (Å²) >= 11 is 0. The summed E-state index contributed by atoms with van der Waals surface area (Å²) in [5, 5.41) is 0. The third-order valence-corrected chi connectivity index (χ3v) is 3.72. The molecular weight excluding hydrogens is 264 g/mol. The second-order valence-corrected chi connectivity index (χ2v) is 5.09. The van der Waals surface area contributed by atoms with Gasteiger partial charge in [0.25, 0.3) is 5.91 Å². The normalized spacial score (nSPS) is 15.0. The highest BCUT2D eigenvalue weighted by Crippen LogP contribution is 2.17. The second kappa shape index (κ2) is 5.83. The van der Waals surface area contributed by atoms with Crippen LogP contribution in [0.3, 0.4) is 0 Å². The number of aromatic nitrogens is 1. The van der Waals surface area contributed by atoms with E-state index >= 15 is 0 Å². The van der Waals surface area contributed by atoms with Gasteiger partial charge in [0.15, 0.2) is 0 Å². The van der Waals surface area contributed by atoms with Crippen molar-refractivity contribution in [3.05, 3.63) is 54.2 Å². The smallest absolute Gasteiger partial charge is 0.253 e. The molecule has 2 aromatic rings. The Morgan fingerprint density at radius 2 is 1.71 bits per heavy atom. The zero-order valence-corrected chi connectivity index (χ0v) is 11.8. The van der Waals surface area contributed by atoms with E-state index in [0.717, 1.165) is 37.4 Å². The molecule has 2 heterocycles. The number of carbonyl (C=O) groups excluding carboxylic acids is 1. The average molecular weight is 282 g/mol. The van der Waals surface area contributed by atoms with E-state index in [-0.39, 0.29) is 5.91 Å². The van der Waals surface area contributed by atoms with Crippen LogP contribution in [-0.2, 0) is 0 Å². The number of hydrogen-bond acceptors (Lipinski definition) is 4. The van der Waals surface area contributed by atoms with E-state index in [4.69, 9.17) is 5.73 Å². The van der Waals surface area contributed by atoms with E-state index in [1.165, 1.54) is 0 Å². The number of amides is 1. The maximum Gasteiger partial charge on any atom is 0.253 e. The van der Waals surface area contributed by atoms with Crippen molar-refractivity contribution >= 4 is 17.4 Å². The Hall–Kier alpha value is -2.56. The van der Waals surface area contributed by atoms with Gasteiger partial charge in [-0.3, -0.25) is 4.79 Å². The van der Waals surface area contributed by atoms with Crippen LogP contribution in [0.4, 0.5) is 11.5 Å². The van der Waals surface area contributed by atoms with E-state index in [1.807, 2.05) is 41.3 Å². The zero-order valence-electron chi connectivity index (χ0n) is 11.8. The highest BCUT2D eigenvalue weighted by Gasteiger charge is 2.22. The first-order valence-electron chi connectivity index (χ1n) is 7.05. The molecule has 2 N–H and O–H groups in total. The van der Waals surface area contributed by atoms with E-state index in [9.17, 15) is 4.79 Å². The Kier molecular flexibility index (Phi) is 3.73. The monoisotopic (exact) mass is 282 g/mol. The lowest BCUT2D eigenvalue weighted by Crippen LogP contribution is -2.48. The molecule has 0 aliphatic carbocycles. The van der Waals surface area contributed by atoms with Crippen molar-refractivity contribution in [2.45, 2.75) is 0 Å². The number of benzene rings is 1. The second-order valence-electron chi connectivity index (χ2n) is 5.09. The lowest BCUT2D eigenvalue weighted by Gasteiger charge is -2.36. The number of rotatable bonds is 2. The van der Waals surface area contributed by atoms with Crippen molar-refractivity contribution in [2.24, 2.45) is 0 Å². The van der Waals surface area contributed by atoms with E-state index < -0.39 is 0 Å².